The zero-order valence-corrected chi connectivity index (χ0v) is 11.5. The Hall–Kier alpha value is -2.21. The third-order valence-electron chi connectivity index (χ3n) is 2.89. The molecular weight excluding hydrogens is 274 g/mol. The van der Waals surface area contributed by atoms with E-state index in [-0.39, 0.29) is 11.9 Å². The SMILES string of the molecule is O=C(CC1=CC=CCC1)Nc1nnc(-c2cccs2)o1. The summed E-state index contributed by atoms with van der Waals surface area (Å²) in [6, 6.07) is 3.94. The lowest BCUT2D eigenvalue weighted by atomic mass is 10.0. The molecule has 2 heterocycles. The number of rotatable bonds is 4. The average molecular weight is 287 g/mol. The van der Waals surface area contributed by atoms with Gasteiger partial charge >= 0.3 is 6.01 Å². The topological polar surface area (TPSA) is 68.0 Å². The first kappa shape index (κ1) is 12.8. The summed E-state index contributed by atoms with van der Waals surface area (Å²) in [7, 11) is 0. The lowest BCUT2D eigenvalue weighted by molar-refractivity contribution is -0.115. The summed E-state index contributed by atoms with van der Waals surface area (Å²) in [5.74, 6) is 0.294. The van der Waals surface area contributed by atoms with Crippen LogP contribution >= 0.6 is 11.3 Å². The maximum Gasteiger partial charge on any atom is 0.322 e. The maximum absolute atomic E-state index is 11.9. The Kier molecular flexibility index (Phi) is 3.73. The molecule has 0 saturated carbocycles. The number of hydrogen-bond donors (Lipinski definition) is 1. The first-order chi connectivity index (χ1) is 9.81. The van der Waals surface area contributed by atoms with E-state index in [2.05, 4.69) is 21.6 Å². The predicted molar refractivity (Wildman–Crippen MR) is 77.3 cm³/mol. The fourth-order valence-corrected chi connectivity index (χ4v) is 2.59. The highest BCUT2D eigenvalue weighted by Gasteiger charge is 2.13. The molecule has 0 bridgehead atoms. The van der Waals surface area contributed by atoms with Crippen LogP contribution in [0.4, 0.5) is 6.01 Å². The van der Waals surface area contributed by atoms with Gasteiger partial charge in [-0.1, -0.05) is 35.0 Å². The van der Waals surface area contributed by atoms with Crippen LogP contribution < -0.4 is 5.32 Å². The van der Waals surface area contributed by atoms with Crippen LogP contribution in [0.15, 0.2) is 45.7 Å². The van der Waals surface area contributed by atoms with Crippen LogP contribution in [0.25, 0.3) is 10.8 Å². The van der Waals surface area contributed by atoms with Crippen LogP contribution in [0, 0.1) is 0 Å². The number of hydrogen-bond acceptors (Lipinski definition) is 5. The molecule has 1 amide bonds. The Morgan fingerprint density at radius 1 is 1.45 bits per heavy atom. The number of allylic oxidation sites excluding steroid dienone is 3. The summed E-state index contributed by atoms with van der Waals surface area (Å²) in [6.07, 6.45) is 8.33. The van der Waals surface area contributed by atoms with Crippen LogP contribution in [0.2, 0.25) is 0 Å². The Morgan fingerprint density at radius 2 is 2.40 bits per heavy atom. The molecule has 0 aromatic carbocycles. The molecule has 1 N–H and O–H groups in total. The predicted octanol–water partition coefficient (Wildman–Crippen LogP) is 3.40. The van der Waals surface area contributed by atoms with Crippen LogP contribution in [0.5, 0.6) is 0 Å². The third-order valence-corrected chi connectivity index (χ3v) is 3.75. The molecule has 0 atom stereocenters. The fraction of sp³-hybridized carbons (Fsp3) is 0.214. The number of nitrogens with zero attached hydrogens (tertiary/aromatic N) is 2. The van der Waals surface area contributed by atoms with E-state index in [1.807, 2.05) is 29.7 Å². The van der Waals surface area contributed by atoms with Crippen molar-refractivity contribution in [3.63, 3.8) is 0 Å². The molecule has 1 aliphatic carbocycles. The van der Waals surface area contributed by atoms with Gasteiger partial charge in [0.15, 0.2) is 0 Å². The number of nitrogens with one attached hydrogen (secondary N) is 1. The highest BCUT2D eigenvalue weighted by atomic mass is 32.1. The Morgan fingerprint density at radius 3 is 3.15 bits per heavy atom. The molecule has 0 aliphatic heterocycles. The lowest BCUT2D eigenvalue weighted by Gasteiger charge is -2.07. The van der Waals surface area contributed by atoms with Gasteiger partial charge in [0.05, 0.1) is 4.88 Å². The zero-order valence-electron chi connectivity index (χ0n) is 10.7. The van der Waals surface area contributed by atoms with E-state index < -0.39 is 0 Å². The van der Waals surface area contributed by atoms with Crippen molar-refractivity contribution < 1.29 is 9.21 Å². The second-order valence-corrected chi connectivity index (χ2v) is 5.35. The van der Waals surface area contributed by atoms with E-state index in [4.69, 9.17) is 4.42 Å². The highest BCUT2D eigenvalue weighted by molar-refractivity contribution is 7.13. The van der Waals surface area contributed by atoms with Crippen LogP contribution in [0.3, 0.4) is 0 Å². The van der Waals surface area contributed by atoms with Gasteiger partial charge in [-0.15, -0.1) is 16.4 Å². The molecule has 0 radical (unpaired) electrons. The molecule has 6 heteroatoms. The van der Waals surface area contributed by atoms with Gasteiger partial charge in [0.25, 0.3) is 5.89 Å². The molecule has 5 nitrogen and oxygen atoms in total. The Balaban J connectivity index is 1.62. The van der Waals surface area contributed by atoms with Crippen LogP contribution in [0.1, 0.15) is 19.3 Å². The minimum atomic E-state index is -0.132. The summed E-state index contributed by atoms with van der Waals surface area (Å²) in [5.41, 5.74) is 1.11. The number of thiophene rings is 1. The minimum absolute atomic E-state index is 0.132. The van der Waals surface area contributed by atoms with Crippen LogP contribution in [-0.2, 0) is 4.79 Å². The second kappa shape index (κ2) is 5.83. The van der Waals surface area contributed by atoms with E-state index >= 15 is 0 Å². The molecule has 0 spiro atoms. The van der Waals surface area contributed by atoms with E-state index in [0.717, 1.165) is 23.3 Å². The van der Waals surface area contributed by atoms with Gasteiger partial charge in [-0.05, 0) is 24.3 Å². The van der Waals surface area contributed by atoms with Gasteiger partial charge in [-0.25, -0.2) is 0 Å². The van der Waals surface area contributed by atoms with Gasteiger partial charge in [0.1, 0.15) is 0 Å². The number of carbonyl (C=O) groups excluding carboxylic acids is 1. The molecule has 3 rings (SSSR count). The lowest BCUT2D eigenvalue weighted by Crippen LogP contribution is -2.12. The largest absolute Gasteiger partial charge is 0.402 e. The first-order valence-electron chi connectivity index (χ1n) is 6.33. The maximum atomic E-state index is 11.9. The molecular formula is C14H13N3O2S. The molecule has 20 heavy (non-hydrogen) atoms. The van der Waals surface area contributed by atoms with Crippen molar-refractivity contribution in [3.05, 3.63) is 41.3 Å². The molecule has 1 aliphatic rings. The minimum Gasteiger partial charge on any atom is -0.402 e. The summed E-state index contributed by atoms with van der Waals surface area (Å²) < 4.78 is 5.41. The van der Waals surface area contributed by atoms with Crippen molar-refractivity contribution in [3.8, 4) is 10.8 Å². The standard InChI is InChI=1S/C14H13N3O2S/c18-12(9-10-5-2-1-3-6-10)15-14-17-16-13(19-14)11-7-4-8-20-11/h1-2,4-5,7-8H,3,6,9H2,(H,15,17,18). The average Bonchev–Trinajstić information content (AvgIpc) is 3.10. The van der Waals surface area contributed by atoms with Gasteiger partial charge in [0.2, 0.25) is 5.91 Å². The summed E-state index contributed by atoms with van der Waals surface area (Å²) in [5, 5.41) is 12.3. The van der Waals surface area contributed by atoms with Crippen molar-refractivity contribution >= 4 is 23.3 Å². The van der Waals surface area contributed by atoms with Crippen molar-refractivity contribution in [2.24, 2.45) is 0 Å². The fourth-order valence-electron chi connectivity index (χ4n) is 1.94. The molecule has 0 fully saturated rings. The van der Waals surface area contributed by atoms with E-state index in [1.54, 1.807) is 0 Å². The molecule has 102 valence electrons. The number of carbonyl (C=O) groups is 1. The summed E-state index contributed by atoms with van der Waals surface area (Å²) >= 11 is 1.51. The Labute approximate surface area is 120 Å². The van der Waals surface area contributed by atoms with E-state index in [9.17, 15) is 4.79 Å². The normalized spacial score (nSPS) is 14.1. The smallest absolute Gasteiger partial charge is 0.322 e. The van der Waals surface area contributed by atoms with Gasteiger partial charge < -0.3 is 4.42 Å². The first-order valence-corrected chi connectivity index (χ1v) is 7.21. The molecule has 0 unspecified atom stereocenters. The zero-order chi connectivity index (χ0) is 13.8. The molecule has 2 aromatic rings. The Bertz CT molecular complexity index is 656. The second-order valence-electron chi connectivity index (χ2n) is 4.41. The third kappa shape index (κ3) is 3.03. The molecule has 0 saturated heterocycles. The van der Waals surface area contributed by atoms with E-state index in [1.165, 1.54) is 11.3 Å². The van der Waals surface area contributed by atoms with Gasteiger partial charge in [0, 0.05) is 6.42 Å². The van der Waals surface area contributed by atoms with Crippen molar-refractivity contribution in [2.75, 3.05) is 5.32 Å². The number of anilines is 1. The van der Waals surface area contributed by atoms with Crippen molar-refractivity contribution in [1.82, 2.24) is 10.2 Å². The van der Waals surface area contributed by atoms with Gasteiger partial charge in [-0.3, -0.25) is 10.1 Å². The van der Waals surface area contributed by atoms with E-state index in [0.29, 0.717) is 12.3 Å². The summed E-state index contributed by atoms with van der Waals surface area (Å²) in [4.78, 5) is 12.8. The van der Waals surface area contributed by atoms with Crippen LogP contribution in [-0.4, -0.2) is 16.1 Å². The molecule has 2 aromatic heterocycles. The quantitative estimate of drug-likeness (QED) is 0.935. The van der Waals surface area contributed by atoms with Crippen molar-refractivity contribution in [1.29, 1.82) is 0 Å². The van der Waals surface area contributed by atoms with Crippen molar-refractivity contribution in [2.45, 2.75) is 19.3 Å². The number of aromatic nitrogens is 2. The highest BCUT2D eigenvalue weighted by Crippen LogP contribution is 2.24. The van der Waals surface area contributed by atoms with Gasteiger partial charge in [-0.2, -0.15) is 0 Å². The summed E-state index contributed by atoms with van der Waals surface area (Å²) in [6.45, 7) is 0. The number of amides is 1. The monoisotopic (exact) mass is 287 g/mol.